The standard InChI is InChI=1S/C15H31N3O/c1-4-7-14(15(19)17-16)18(11-10-12(2)3)13-8-5-6-9-13/h12-14H,4-11,16H2,1-3H3,(H,17,19). The third-order valence-electron chi connectivity index (χ3n) is 4.17. The van der Waals surface area contributed by atoms with Crippen molar-refractivity contribution in [1.29, 1.82) is 0 Å². The fourth-order valence-electron chi connectivity index (χ4n) is 3.05. The highest BCUT2D eigenvalue weighted by atomic mass is 16.2. The van der Waals surface area contributed by atoms with Crippen molar-refractivity contribution in [3.63, 3.8) is 0 Å². The minimum Gasteiger partial charge on any atom is -0.293 e. The van der Waals surface area contributed by atoms with Crippen LogP contribution in [0.4, 0.5) is 0 Å². The Labute approximate surface area is 118 Å². The van der Waals surface area contributed by atoms with Crippen molar-refractivity contribution in [2.45, 2.75) is 77.8 Å². The lowest BCUT2D eigenvalue weighted by molar-refractivity contribution is -0.128. The number of nitrogens with two attached hydrogens (primary N) is 1. The van der Waals surface area contributed by atoms with E-state index in [9.17, 15) is 4.79 Å². The van der Waals surface area contributed by atoms with Crippen LogP contribution in [0.1, 0.15) is 65.7 Å². The Hall–Kier alpha value is -0.610. The van der Waals surface area contributed by atoms with Gasteiger partial charge in [0.05, 0.1) is 6.04 Å². The number of carbonyl (C=O) groups excluding carboxylic acids is 1. The molecule has 1 fully saturated rings. The Kier molecular flexibility index (Phi) is 7.39. The van der Waals surface area contributed by atoms with Crippen LogP contribution in [-0.2, 0) is 4.79 Å². The zero-order valence-corrected chi connectivity index (χ0v) is 12.8. The molecule has 1 atom stereocenters. The van der Waals surface area contributed by atoms with Gasteiger partial charge in [-0.25, -0.2) is 5.84 Å². The molecule has 4 nitrogen and oxygen atoms in total. The van der Waals surface area contributed by atoms with Crippen LogP contribution in [0.25, 0.3) is 0 Å². The predicted octanol–water partition coefficient (Wildman–Crippen LogP) is 2.44. The molecule has 0 bridgehead atoms. The number of amides is 1. The Bertz CT molecular complexity index is 262. The molecule has 1 aliphatic rings. The average molecular weight is 269 g/mol. The van der Waals surface area contributed by atoms with E-state index in [-0.39, 0.29) is 11.9 Å². The molecule has 0 aromatic rings. The molecule has 0 aliphatic heterocycles. The van der Waals surface area contributed by atoms with E-state index in [1.54, 1.807) is 0 Å². The van der Waals surface area contributed by atoms with Gasteiger partial charge in [-0.05, 0) is 38.1 Å². The Morgan fingerprint density at radius 2 is 1.95 bits per heavy atom. The molecule has 112 valence electrons. The third-order valence-corrected chi connectivity index (χ3v) is 4.17. The molecule has 0 radical (unpaired) electrons. The first-order chi connectivity index (χ1) is 9.10. The van der Waals surface area contributed by atoms with Crippen molar-refractivity contribution < 1.29 is 4.79 Å². The largest absolute Gasteiger partial charge is 0.293 e. The second-order valence-corrected chi connectivity index (χ2v) is 6.17. The first kappa shape index (κ1) is 16.4. The summed E-state index contributed by atoms with van der Waals surface area (Å²) in [5.41, 5.74) is 2.36. The maximum absolute atomic E-state index is 12.1. The van der Waals surface area contributed by atoms with Crippen molar-refractivity contribution in [2.75, 3.05) is 6.54 Å². The lowest BCUT2D eigenvalue weighted by atomic mass is 10.0. The Morgan fingerprint density at radius 1 is 1.32 bits per heavy atom. The summed E-state index contributed by atoms with van der Waals surface area (Å²) in [6.07, 6.45) is 8.12. The molecule has 1 amide bonds. The molecule has 0 aromatic carbocycles. The molecule has 0 heterocycles. The van der Waals surface area contributed by atoms with E-state index in [4.69, 9.17) is 5.84 Å². The number of rotatable bonds is 8. The molecular weight excluding hydrogens is 238 g/mol. The zero-order chi connectivity index (χ0) is 14.3. The number of hydrogen-bond donors (Lipinski definition) is 2. The number of nitrogens with zero attached hydrogens (tertiary/aromatic N) is 1. The van der Waals surface area contributed by atoms with Gasteiger partial charge in [-0.1, -0.05) is 40.0 Å². The van der Waals surface area contributed by atoms with Crippen molar-refractivity contribution in [1.82, 2.24) is 10.3 Å². The van der Waals surface area contributed by atoms with Gasteiger partial charge in [-0.15, -0.1) is 0 Å². The molecule has 1 rings (SSSR count). The smallest absolute Gasteiger partial charge is 0.251 e. The quantitative estimate of drug-likeness (QED) is 0.404. The van der Waals surface area contributed by atoms with Gasteiger partial charge in [-0.2, -0.15) is 0 Å². The Balaban J connectivity index is 2.74. The van der Waals surface area contributed by atoms with Crippen LogP contribution in [0.15, 0.2) is 0 Å². The summed E-state index contributed by atoms with van der Waals surface area (Å²) in [5.74, 6) is 6.03. The normalized spacial score (nSPS) is 18.2. The molecule has 0 spiro atoms. The van der Waals surface area contributed by atoms with Crippen molar-refractivity contribution >= 4 is 5.91 Å². The summed E-state index contributed by atoms with van der Waals surface area (Å²) in [4.78, 5) is 14.5. The first-order valence-corrected chi connectivity index (χ1v) is 7.86. The van der Waals surface area contributed by atoms with Gasteiger partial charge in [0, 0.05) is 6.04 Å². The van der Waals surface area contributed by atoms with E-state index < -0.39 is 0 Å². The van der Waals surface area contributed by atoms with Crippen LogP contribution in [0, 0.1) is 5.92 Å². The van der Waals surface area contributed by atoms with Crippen molar-refractivity contribution in [2.24, 2.45) is 11.8 Å². The second-order valence-electron chi connectivity index (χ2n) is 6.17. The van der Waals surface area contributed by atoms with Crippen LogP contribution in [0.2, 0.25) is 0 Å². The highest BCUT2D eigenvalue weighted by Gasteiger charge is 2.31. The molecule has 1 unspecified atom stereocenters. The molecule has 1 saturated carbocycles. The second kappa shape index (κ2) is 8.54. The number of hydrogen-bond acceptors (Lipinski definition) is 3. The van der Waals surface area contributed by atoms with E-state index in [0.29, 0.717) is 12.0 Å². The predicted molar refractivity (Wildman–Crippen MR) is 79.4 cm³/mol. The van der Waals surface area contributed by atoms with Gasteiger partial charge < -0.3 is 0 Å². The topological polar surface area (TPSA) is 58.4 Å². The SMILES string of the molecule is CCCC(C(=O)NN)N(CCC(C)C)C1CCCC1. The van der Waals surface area contributed by atoms with Crippen LogP contribution in [0.3, 0.4) is 0 Å². The van der Waals surface area contributed by atoms with E-state index in [1.807, 2.05) is 0 Å². The summed E-state index contributed by atoms with van der Waals surface area (Å²) in [5, 5.41) is 0. The number of hydrazine groups is 1. The van der Waals surface area contributed by atoms with Crippen LogP contribution >= 0.6 is 0 Å². The summed E-state index contributed by atoms with van der Waals surface area (Å²) >= 11 is 0. The fourth-order valence-corrected chi connectivity index (χ4v) is 3.05. The summed E-state index contributed by atoms with van der Waals surface area (Å²) < 4.78 is 0. The fraction of sp³-hybridized carbons (Fsp3) is 0.933. The van der Waals surface area contributed by atoms with Crippen LogP contribution < -0.4 is 11.3 Å². The van der Waals surface area contributed by atoms with Gasteiger partial charge in [0.15, 0.2) is 0 Å². The molecule has 4 heteroatoms. The van der Waals surface area contributed by atoms with Gasteiger partial charge in [0.2, 0.25) is 0 Å². The van der Waals surface area contributed by atoms with Gasteiger partial charge >= 0.3 is 0 Å². The molecule has 19 heavy (non-hydrogen) atoms. The first-order valence-electron chi connectivity index (χ1n) is 7.86. The highest BCUT2D eigenvalue weighted by Crippen LogP contribution is 2.27. The average Bonchev–Trinajstić information content (AvgIpc) is 2.90. The van der Waals surface area contributed by atoms with E-state index in [1.165, 1.54) is 25.7 Å². The molecular formula is C15H31N3O. The molecule has 1 aliphatic carbocycles. The summed E-state index contributed by atoms with van der Waals surface area (Å²) in [6.45, 7) is 7.63. The minimum atomic E-state index is -0.0446. The van der Waals surface area contributed by atoms with E-state index in [0.717, 1.165) is 25.8 Å². The minimum absolute atomic E-state index is 0.0162. The maximum atomic E-state index is 12.1. The van der Waals surface area contributed by atoms with Crippen LogP contribution in [-0.4, -0.2) is 29.4 Å². The lowest BCUT2D eigenvalue weighted by Gasteiger charge is -2.35. The van der Waals surface area contributed by atoms with Crippen LogP contribution in [0.5, 0.6) is 0 Å². The summed E-state index contributed by atoms with van der Waals surface area (Å²) in [6, 6.07) is 0.532. The Morgan fingerprint density at radius 3 is 2.42 bits per heavy atom. The molecule has 0 saturated heterocycles. The maximum Gasteiger partial charge on any atom is 0.251 e. The van der Waals surface area contributed by atoms with Gasteiger partial charge in [-0.3, -0.25) is 15.1 Å². The summed E-state index contributed by atoms with van der Waals surface area (Å²) in [7, 11) is 0. The van der Waals surface area contributed by atoms with Gasteiger partial charge in [0.25, 0.3) is 5.91 Å². The van der Waals surface area contributed by atoms with E-state index >= 15 is 0 Å². The van der Waals surface area contributed by atoms with Crippen molar-refractivity contribution in [3.8, 4) is 0 Å². The monoisotopic (exact) mass is 269 g/mol. The zero-order valence-electron chi connectivity index (χ0n) is 12.8. The van der Waals surface area contributed by atoms with Crippen molar-refractivity contribution in [3.05, 3.63) is 0 Å². The number of nitrogens with one attached hydrogen (secondary N) is 1. The highest BCUT2D eigenvalue weighted by molar-refractivity contribution is 5.81. The molecule has 3 N–H and O–H groups in total. The third kappa shape index (κ3) is 5.11. The molecule has 0 aromatic heterocycles. The van der Waals surface area contributed by atoms with Gasteiger partial charge in [0.1, 0.15) is 0 Å². The van der Waals surface area contributed by atoms with E-state index in [2.05, 4.69) is 31.1 Å². The lowest BCUT2D eigenvalue weighted by Crippen LogP contribution is -2.52. The number of carbonyl (C=O) groups is 1.